The number of thiazole rings is 1. The van der Waals surface area contributed by atoms with E-state index in [0.717, 1.165) is 28.4 Å². The Morgan fingerprint density at radius 3 is 2.62 bits per heavy atom. The second kappa shape index (κ2) is 7.55. The second-order valence-corrected chi connectivity index (χ2v) is 7.68. The number of fused-ring (bicyclic) bond motifs is 1. The highest BCUT2D eigenvalue weighted by molar-refractivity contribution is 7.22. The lowest BCUT2D eigenvalue weighted by molar-refractivity contribution is 0.0979. The Balaban J connectivity index is 2.00. The molecule has 1 amide bonds. The topological polar surface area (TPSA) is 54.3 Å². The van der Waals surface area contributed by atoms with Crippen LogP contribution in [0.1, 0.15) is 28.5 Å². The molecule has 0 saturated carbocycles. The highest BCUT2D eigenvalue weighted by Gasteiger charge is 2.23. The minimum absolute atomic E-state index is 0.104. The Labute approximate surface area is 158 Å². The van der Waals surface area contributed by atoms with Crippen molar-refractivity contribution in [1.82, 2.24) is 19.7 Å². The van der Waals surface area contributed by atoms with Crippen LogP contribution in [0.15, 0.2) is 24.4 Å². The maximum atomic E-state index is 13.1. The molecule has 0 fully saturated rings. The maximum Gasteiger partial charge on any atom is 0.280 e. The van der Waals surface area contributed by atoms with Gasteiger partial charge < -0.3 is 4.90 Å². The fourth-order valence-electron chi connectivity index (χ4n) is 2.70. The maximum absolute atomic E-state index is 13.1. The van der Waals surface area contributed by atoms with Gasteiger partial charge in [0.2, 0.25) is 0 Å². The molecule has 0 radical (unpaired) electrons. The van der Waals surface area contributed by atoms with E-state index >= 15 is 0 Å². The molecule has 3 rings (SSSR count). The zero-order valence-electron chi connectivity index (χ0n) is 16.0. The molecule has 138 valence electrons. The molecule has 26 heavy (non-hydrogen) atoms. The van der Waals surface area contributed by atoms with Gasteiger partial charge in [0.1, 0.15) is 0 Å². The fraction of sp³-hybridized carbons (Fsp3) is 0.421. The highest BCUT2D eigenvalue weighted by Crippen LogP contribution is 2.32. The number of hydrogen-bond donors (Lipinski definition) is 0. The molecule has 7 heteroatoms. The number of likely N-dealkylation sites (N-methyl/N-ethyl adjacent to an activating group) is 1. The first kappa shape index (κ1) is 18.5. The SMILES string of the molecule is CCn1ccc(C(=O)N(CCN(C)C)c2nc3c(C)c(C)ccc3s2)n1. The predicted molar refractivity (Wildman–Crippen MR) is 107 cm³/mol. The van der Waals surface area contributed by atoms with Crippen LogP contribution in [0.4, 0.5) is 5.13 Å². The summed E-state index contributed by atoms with van der Waals surface area (Å²) in [6, 6.07) is 5.96. The average Bonchev–Trinajstić information content (AvgIpc) is 3.25. The van der Waals surface area contributed by atoms with Crippen LogP contribution in [0.5, 0.6) is 0 Å². The van der Waals surface area contributed by atoms with Gasteiger partial charge >= 0.3 is 0 Å². The third-order valence-corrected chi connectivity index (χ3v) is 5.55. The summed E-state index contributed by atoms with van der Waals surface area (Å²) in [5.41, 5.74) is 3.81. The second-order valence-electron chi connectivity index (χ2n) is 6.67. The van der Waals surface area contributed by atoms with E-state index in [4.69, 9.17) is 4.98 Å². The average molecular weight is 372 g/mol. The van der Waals surface area contributed by atoms with Crippen LogP contribution in [-0.2, 0) is 6.54 Å². The van der Waals surface area contributed by atoms with Crippen molar-refractivity contribution in [3.63, 3.8) is 0 Å². The zero-order valence-corrected chi connectivity index (χ0v) is 16.8. The number of aromatic nitrogens is 3. The quantitative estimate of drug-likeness (QED) is 0.667. The monoisotopic (exact) mass is 371 g/mol. The van der Waals surface area contributed by atoms with E-state index in [2.05, 4.69) is 36.0 Å². The molecular formula is C19H25N5OS. The molecule has 0 N–H and O–H groups in total. The summed E-state index contributed by atoms with van der Waals surface area (Å²) in [7, 11) is 4.00. The van der Waals surface area contributed by atoms with E-state index in [1.54, 1.807) is 27.0 Å². The molecule has 2 aromatic heterocycles. The Morgan fingerprint density at radius 1 is 1.19 bits per heavy atom. The number of benzene rings is 1. The van der Waals surface area contributed by atoms with Crippen molar-refractivity contribution in [1.29, 1.82) is 0 Å². The van der Waals surface area contributed by atoms with Crippen molar-refractivity contribution in [2.45, 2.75) is 27.3 Å². The predicted octanol–water partition coefficient (Wildman–Crippen LogP) is 3.34. The molecular weight excluding hydrogens is 346 g/mol. The van der Waals surface area contributed by atoms with Crippen molar-refractivity contribution in [3.8, 4) is 0 Å². The van der Waals surface area contributed by atoms with Gasteiger partial charge in [-0.05, 0) is 58.1 Å². The summed E-state index contributed by atoms with van der Waals surface area (Å²) in [6.07, 6.45) is 1.84. The number of nitrogens with zero attached hydrogens (tertiary/aromatic N) is 5. The van der Waals surface area contributed by atoms with Gasteiger partial charge in [0, 0.05) is 25.8 Å². The Hall–Kier alpha value is -2.25. The number of hydrogen-bond acceptors (Lipinski definition) is 5. The standard InChI is InChI=1S/C19H25N5OS/c1-6-23-10-9-15(21-23)18(25)24(12-11-22(4)5)19-20-17-14(3)13(2)7-8-16(17)26-19/h7-10H,6,11-12H2,1-5H3. The van der Waals surface area contributed by atoms with Gasteiger partial charge in [-0.1, -0.05) is 17.4 Å². The van der Waals surface area contributed by atoms with Crippen molar-refractivity contribution in [2.75, 3.05) is 32.1 Å². The summed E-state index contributed by atoms with van der Waals surface area (Å²) >= 11 is 1.56. The van der Waals surface area contributed by atoms with Crippen LogP contribution >= 0.6 is 11.3 Å². The smallest absolute Gasteiger partial charge is 0.280 e. The van der Waals surface area contributed by atoms with Gasteiger partial charge in [0.05, 0.1) is 10.2 Å². The molecule has 0 saturated heterocycles. The van der Waals surface area contributed by atoms with Crippen LogP contribution in [0.3, 0.4) is 0 Å². The number of anilines is 1. The van der Waals surface area contributed by atoms with E-state index in [0.29, 0.717) is 12.2 Å². The molecule has 1 aromatic carbocycles. The molecule has 0 spiro atoms. The van der Waals surface area contributed by atoms with Crippen LogP contribution in [0.2, 0.25) is 0 Å². The first-order chi connectivity index (χ1) is 12.4. The Morgan fingerprint density at radius 2 is 1.96 bits per heavy atom. The molecule has 0 unspecified atom stereocenters. The molecule has 0 atom stereocenters. The van der Waals surface area contributed by atoms with Crippen LogP contribution < -0.4 is 4.90 Å². The van der Waals surface area contributed by atoms with Gasteiger partial charge in [0.15, 0.2) is 10.8 Å². The molecule has 0 aliphatic rings. The lowest BCUT2D eigenvalue weighted by atomic mass is 10.1. The Kier molecular flexibility index (Phi) is 5.38. The van der Waals surface area contributed by atoms with Gasteiger partial charge in [-0.3, -0.25) is 14.4 Å². The first-order valence-electron chi connectivity index (χ1n) is 8.77. The van der Waals surface area contributed by atoms with Crippen LogP contribution in [-0.4, -0.2) is 52.8 Å². The third kappa shape index (κ3) is 3.64. The molecule has 0 aliphatic heterocycles. The molecule has 0 bridgehead atoms. The lowest BCUT2D eigenvalue weighted by Gasteiger charge is -2.21. The fourth-order valence-corrected chi connectivity index (χ4v) is 3.75. The summed E-state index contributed by atoms with van der Waals surface area (Å²) < 4.78 is 2.87. The minimum atomic E-state index is -0.104. The number of carbonyl (C=O) groups is 1. The minimum Gasteiger partial charge on any atom is -0.308 e. The zero-order chi connectivity index (χ0) is 18.8. The number of aryl methyl sites for hydroxylation is 3. The van der Waals surface area contributed by atoms with Gasteiger partial charge in [-0.15, -0.1) is 0 Å². The Bertz CT molecular complexity index is 927. The summed E-state index contributed by atoms with van der Waals surface area (Å²) in [4.78, 5) is 21.7. The van der Waals surface area contributed by atoms with Gasteiger partial charge in [0.25, 0.3) is 5.91 Å². The van der Waals surface area contributed by atoms with Gasteiger partial charge in [-0.2, -0.15) is 5.10 Å². The molecule has 2 heterocycles. The summed E-state index contributed by atoms with van der Waals surface area (Å²) in [5.74, 6) is -0.104. The van der Waals surface area contributed by atoms with Crippen molar-refractivity contribution >= 4 is 32.6 Å². The highest BCUT2D eigenvalue weighted by atomic mass is 32.1. The normalized spacial score (nSPS) is 11.5. The summed E-state index contributed by atoms with van der Waals surface area (Å²) in [6.45, 7) is 8.24. The molecule has 0 aliphatic carbocycles. The first-order valence-corrected chi connectivity index (χ1v) is 9.59. The van der Waals surface area contributed by atoms with E-state index in [-0.39, 0.29) is 5.91 Å². The van der Waals surface area contributed by atoms with Crippen molar-refractivity contribution < 1.29 is 4.79 Å². The lowest BCUT2D eigenvalue weighted by Crippen LogP contribution is -2.37. The van der Waals surface area contributed by atoms with E-state index in [1.807, 2.05) is 27.2 Å². The van der Waals surface area contributed by atoms with Gasteiger partial charge in [-0.25, -0.2) is 4.98 Å². The number of amides is 1. The van der Waals surface area contributed by atoms with Crippen LogP contribution in [0, 0.1) is 13.8 Å². The van der Waals surface area contributed by atoms with E-state index in [1.165, 1.54) is 11.1 Å². The third-order valence-electron chi connectivity index (χ3n) is 4.50. The molecule has 3 aromatic rings. The molecule has 6 nitrogen and oxygen atoms in total. The summed E-state index contributed by atoms with van der Waals surface area (Å²) in [5, 5.41) is 5.10. The van der Waals surface area contributed by atoms with Crippen molar-refractivity contribution in [2.24, 2.45) is 0 Å². The number of carbonyl (C=O) groups excluding carboxylic acids is 1. The van der Waals surface area contributed by atoms with Crippen molar-refractivity contribution in [3.05, 3.63) is 41.2 Å². The number of rotatable bonds is 6. The van der Waals surface area contributed by atoms with E-state index in [9.17, 15) is 4.79 Å². The van der Waals surface area contributed by atoms with E-state index < -0.39 is 0 Å². The van der Waals surface area contributed by atoms with Crippen LogP contribution in [0.25, 0.3) is 10.2 Å². The largest absolute Gasteiger partial charge is 0.308 e.